The molecule has 0 unspecified atom stereocenters. The highest BCUT2D eigenvalue weighted by Crippen LogP contribution is 2.50. The molecule has 0 aliphatic heterocycles. The Balaban J connectivity index is 2.08. The number of phenols is 2. The second kappa shape index (κ2) is 10.8. The molecule has 0 aliphatic carbocycles. The van der Waals surface area contributed by atoms with Crippen molar-refractivity contribution in [3.05, 3.63) is 59.9 Å². The molecule has 0 heterocycles. The fourth-order valence-corrected chi connectivity index (χ4v) is 3.55. The summed E-state index contributed by atoms with van der Waals surface area (Å²) < 4.78 is 31.2. The molecule has 0 saturated carbocycles. The van der Waals surface area contributed by atoms with Crippen molar-refractivity contribution in [1.29, 1.82) is 0 Å². The Morgan fingerprint density at radius 3 is 2.26 bits per heavy atom. The molecule has 0 saturated heterocycles. The Kier molecular flexibility index (Phi) is 7.86. The fraction of sp³-hybridized carbons (Fsp3) is 0.222. The van der Waals surface area contributed by atoms with E-state index in [1.165, 1.54) is 39.3 Å². The predicted octanol–water partition coefficient (Wildman–Crippen LogP) is 5.89. The van der Waals surface area contributed by atoms with Crippen molar-refractivity contribution < 1.29 is 33.6 Å². The summed E-state index contributed by atoms with van der Waals surface area (Å²) in [6.45, 7) is 5.50. The first-order valence-electron chi connectivity index (χ1n) is 10.8. The molecule has 8 heteroatoms. The van der Waals surface area contributed by atoms with Crippen molar-refractivity contribution in [1.82, 2.24) is 0 Å². The normalized spacial score (nSPS) is 10.5. The van der Waals surface area contributed by atoms with Gasteiger partial charge in [-0.05, 0) is 61.4 Å². The first-order valence-corrected chi connectivity index (χ1v) is 10.8. The molecule has 184 valence electrons. The minimum absolute atomic E-state index is 0.0374. The van der Waals surface area contributed by atoms with Crippen molar-refractivity contribution in [3.8, 4) is 51.0 Å². The maximum atomic E-state index is 14.6. The number of allylic oxidation sites excluding steroid dienone is 1. The highest BCUT2D eigenvalue weighted by atomic mass is 19.1. The van der Waals surface area contributed by atoms with Crippen LogP contribution in [0.1, 0.15) is 20.8 Å². The highest BCUT2D eigenvalue weighted by Gasteiger charge is 2.23. The zero-order valence-corrected chi connectivity index (χ0v) is 20.2. The molecule has 0 spiro atoms. The second-order valence-corrected chi connectivity index (χ2v) is 8.03. The van der Waals surface area contributed by atoms with E-state index in [0.29, 0.717) is 29.0 Å². The molecule has 3 aromatic carbocycles. The molecule has 1 amide bonds. The van der Waals surface area contributed by atoms with E-state index >= 15 is 0 Å². The molecule has 3 aromatic rings. The van der Waals surface area contributed by atoms with E-state index in [1.807, 2.05) is 19.9 Å². The first-order chi connectivity index (χ1) is 16.7. The molecule has 0 bridgehead atoms. The van der Waals surface area contributed by atoms with Crippen LogP contribution in [0.3, 0.4) is 0 Å². The summed E-state index contributed by atoms with van der Waals surface area (Å²) in [6.07, 6.45) is 1.89. The van der Waals surface area contributed by atoms with Gasteiger partial charge in [-0.25, -0.2) is 4.39 Å². The number of anilines is 1. The average molecular weight is 482 g/mol. The summed E-state index contributed by atoms with van der Waals surface area (Å²) >= 11 is 0. The number of carbonyl (C=O) groups is 1. The number of amides is 1. The molecule has 3 rings (SSSR count). The molecule has 0 radical (unpaired) electrons. The monoisotopic (exact) mass is 481 g/mol. The number of nitrogens with one attached hydrogen (secondary N) is 1. The Hall–Kier alpha value is -4.20. The molecule has 0 atom stereocenters. The maximum absolute atomic E-state index is 14.6. The lowest BCUT2D eigenvalue weighted by Crippen LogP contribution is -2.07. The van der Waals surface area contributed by atoms with E-state index in [9.17, 15) is 19.4 Å². The lowest BCUT2D eigenvalue weighted by molar-refractivity contribution is -0.114. The molecule has 0 fully saturated rings. The minimum atomic E-state index is -0.643. The SMILES string of the molecule is COc1cc(-c2ccc(NC(C)=O)c(F)c2)c(OC)c(O)c1-c1ccc(OCC=C(C)C)c(O)c1. The maximum Gasteiger partial charge on any atom is 0.221 e. The van der Waals surface area contributed by atoms with E-state index in [4.69, 9.17) is 14.2 Å². The van der Waals surface area contributed by atoms with Gasteiger partial charge in [-0.15, -0.1) is 0 Å². The Morgan fingerprint density at radius 2 is 1.69 bits per heavy atom. The van der Waals surface area contributed by atoms with Gasteiger partial charge in [0.1, 0.15) is 18.2 Å². The smallest absolute Gasteiger partial charge is 0.221 e. The molecular formula is C27H28FNO6. The van der Waals surface area contributed by atoms with Gasteiger partial charge in [-0.1, -0.05) is 17.7 Å². The van der Waals surface area contributed by atoms with Crippen LogP contribution in [0.2, 0.25) is 0 Å². The standard InChI is InChI=1S/C27H28FNO6/c1-15(2)10-11-35-23-9-7-18(13-22(23)31)25-24(33-4)14-19(27(34-5)26(25)32)17-6-8-21(20(28)12-17)29-16(3)30/h6-10,12-14,31-32H,11H2,1-5H3,(H,29,30). The third kappa shape index (κ3) is 5.66. The van der Waals surface area contributed by atoms with Crippen molar-refractivity contribution in [2.45, 2.75) is 20.8 Å². The Morgan fingerprint density at radius 1 is 0.971 bits per heavy atom. The van der Waals surface area contributed by atoms with Crippen LogP contribution in [0.15, 0.2) is 54.1 Å². The lowest BCUT2D eigenvalue weighted by Gasteiger charge is -2.19. The van der Waals surface area contributed by atoms with Crippen molar-refractivity contribution >= 4 is 11.6 Å². The van der Waals surface area contributed by atoms with Gasteiger partial charge in [0.05, 0.1) is 25.5 Å². The van der Waals surface area contributed by atoms with Gasteiger partial charge in [0.25, 0.3) is 0 Å². The van der Waals surface area contributed by atoms with Crippen LogP contribution in [-0.4, -0.2) is 36.9 Å². The van der Waals surface area contributed by atoms with Gasteiger partial charge in [0.2, 0.25) is 5.91 Å². The Bertz CT molecular complexity index is 1280. The molecule has 0 aliphatic rings. The van der Waals surface area contributed by atoms with E-state index < -0.39 is 11.7 Å². The Labute approximate surface area is 203 Å². The number of carbonyl (C=O) groups excluding carboxylic acids is 1. The molecular weight excluding hydrogens is 453 g/mol. The first kappa shape index (κ1) is 25.4. The van der Waals surface area contributed by atoms with Gasteiger partial charge >= 0.3 is 0 Å². The summed E-state index contributed by atoms with van der Waals surface area (Å²) in [6, 6.07) is 10.6. The van der Waals surface area contributed by atoms with Crippen molar-refractivity contribution in [2.75, 3.05) is 26.1 Å². The number of ether oxygens (including phenoxy) is 3. The summed E-state index contributed by atoms with van der Waals surface area (Å²) in [4.78, 5) is 11.3. The van der Waals surface area contributed by atoms with Crippen molar-refractivity contribution in [2.24, 2.45) is 0 Å². The largest absolute Gasteiger partial charge is 0.504 e. The van der Waals surface area contributed by atoms with E-state index in [0.717, 1.165) is 5.57 Å². The van der Waals surface area contributed by atoms with Gasteiger partial charge < -0.3 is 29.7 Å². The highest BCUT2D eigenvalue weighted by molar-refractivity contribution is 5.91. The third-order valence-electron chi connectivity index (χ3n) is 5.21. The third-order valence-corrected chi connectivity index (χ3v) is 5.21. The van der Waals surface area contributed by atoms with Crippen LogP contribution in [0, 0.1) is 5.82 Å². The minimum Gasteiger partial charge on any atom is -0.504 e. The van der Waals surface area contributed by atoms with Crippen LogP contribution < -0.4 is 19.5 Å². The fourth-order valence-electron chi connectivity index (χ4n) is 3.55. The number of aromatic hydroxyl groups is 2. The van der Waals surface area contributed by atoms with Crippen molar-refractivity contribution in [3.63, 3.8) is 0 Å². The molecule has 7 nitrogen and oxygen atoms in total. The number of methoxy groups -OCH3 is 2. The van der Waals surface area contributed by atoms with E-state index in [2.05, 4.69) is 5.32 Å². The molecule has 35 heavy (non-hydrogen) atoms. The van der Waals surface area contributed by atoms with Crippen LogP contribution in [0.25, 0.3) is 22.3 Å². The zero-order chi connectivity index (χ0) is 25.7. The number of hydrogen-bond acceptors (Lipinski definition) is 6. The summed E-state index contributed by atoms with van der Waals surface area (Å²) in [7, 11) is 2.82. The van der Waals surface area contributed by atoms with Crippen LogP contribution >= 0.6 is 0 Å². The van der Waals surface area contributed by atoms with Crippen LogP contribution in [0.5, 0.6) is 28.7 Å². The number of rotatable bonds is 8. The average Bonchev–Trinajstić information content (AvgIpc) is 2.80. The number of phenolic OH excluding ortho intramolecular Hbond substituents is 2. The molecule has 3 N–H and O–H groups in total. The predicted molar refractivity (Wildman–Crippen MR) is 133 cm³/mol. The van der Waals surface area contributed by atoms with Gasteiger partial charge in [0.15, 0.2) is 23.0 Å². The topological polar surface area (TPSA) is 97.3 Å². The summed E-state index contributed by atoms with van der Waals surface area (Å²) in [5, 5.41) is 24.0. The van der Waals surface area contributed by atoms with Gasteiger partial charge in [-0.3, -0.25) is 4.79 Å². The summed E-state index contributed by atoms with van der Waals surface area (Å²) in [5.41, 5.74) is 2.66. The number of hydrogen-bond donors (Lipinski definition) is 3. The zero-order valence-electron chi connectivity index (χ0n) is 20.2. The summed E-state index contributed by atoms with van der Waals surface area (Å²) in [5.74, 6) is -0.720. The van der Waals surface area contributed by atoms with Gasteiger partial charge in [-0.2, -0.15) is 0 Å². The quantitative estimate of drug-likeness (QED) is 0.347. The van der Waals surface area contributed by atoms with Gasteiger partial charge in [0, 0.05) is 12.5 Å². The molecule has 0 aromatic heterocycles. The van der Waals surface area contributed by atoms with Crippen LogP contribution in [-0.2, 0) is 4.79 Å². The second-order valence-electron chi connectivity index (χ2n) is 8.03. The number of benzene rings is 3. The van der Waals surface area contributed by atoms with E-state index in [1.54, 1.807) is 24.3 Å². The van der Waals surface area contributed by atoms with E-state index in [-0.39, 0.29) is 34.2 Å². The lowest BCUT2D eigenvalue weighted by atomic mass is 9.96. The number of halogens is 1. The van der Waals surface area contributed by atoms with Crippen LogP contribution in [0.4, 0.5) is 10.1 Å².